The van der Waals surface area contributed by atoms with Crippen LogP contribution in [0.3, 0.4) is 0 Å². The topological polar surface area (TPSA) is 106 Å². The number of urea groups is 1. The molecule has 144 valence electrons. The third kappa shape index (κ3) is 4.32. The van der Waals surface area contributed by atoms with Crippen molar-refractivity contribution in [1.29, 1.82) is 0 Å². The molecule has 2 amide bonds. The van der Waals surface area contributed by atoms with E-state index in [4.69, 9.17) is 4.74 Å². The fraction of sp³-hybridized carbons (Fsp3) is 0.211. The molecule has 0 bridgehead atoms. The number of carbonyl (C=O) groups is 2. The molecule has 0 saturated heterocycles. The number of fused-ring (bicyclic) bond motifs is 1. The van der Waals surface area contributed by atoms with Crippen LogP contribution in [0.15, 0.2) is 37.2 Å². The standard InChI is InChI=1S/C19H19N5O3S/c1-4-6-21-18(26)24-19-23-15-8-14(11(3)22-16(15)28-19)12-7-13(10-20-9-12)17(25)27-5-2/h4,7-10H,1,5-6H2,2-3H3,(H2,21,23,24,26). The predicted molar refractivity (Wildman–Crippen MR) is 109 cm³/mol. The van der Waals surface area contributed by atoms with Gasteiger partial charge in [-0.3, -0.25) is 10.3 Å². The molecule has 0 saturated carbocycles. The van der Waals surface area contributed by atoms with Crippen LogP contribution in [0.2, 0.25) is 0 Å². The van der Waals surface area contributed by atoms with E-state index in [1.807, 2.05) is 13.0 Å². The van der Waals surface area contributed by atoms with Crippen LogP contribution in [-0.4, -0.2) is 40.1 Å². The Morgan fingerprint density at radius 1 is 1.29 bits per heavy atom. The van der Waals surface area contributed by atoms with Gasteiger partial charge in [-0.1, -0.05) is 17.4 Å². The normalized spacial score (nSPS) is 10.5. The number of nitrogens with one attached hydrogen (secondary N) is 2. The highest BCUT2D eigenvalue weighted by molar-refractivity contribution is 7.21. The van der Waals surface area contributed by atoms with Gasteiger partial charge in [-0.15, -0.1) is 6.58 Å². The number of rotatable bonds is 6. The number of ether oxygens (including phenoxy) is 1. The Labute approximate surface area is 165 Å². The van der Waals surface area contributed by atoms with Crippen molar-refractivity contribution in [1.82, 2.24) is 20.3 Å². The van der Waals surface area contributed by atoms with Crippen molar-refractivity contribution in [3.05, 3.63) is 48.4 Å². The molecule has 8 nitrogen and oxygen atoms in total. The van der Waals surface area contributed by atoms with Crippen molar-refractivity contribution in [2.45, 2.75) is 13.8 Å². The maximum absolute atomic E-state index is 12.0. The van der Waals surface area contributed by atoms with Gasteiger partial charge in [0.05, 0.1) is 12.2 Å². The molecule has 0 radical (unpaired) electrons. The number of esters is 1. The summed E-state index contributed by atoms with van der Waals surface area (Å²) in [6.07, 6.45) is 4.72. The molecule has 0 spiro atoms. The lowest BCUT2D eigenvalue weighted by molar-refractivity contribution is 0.0526. The molecule has 3 heterocycles. The van der Waals surface area contributed by atoms with Crippen LogP contribution in [0.1, 0.15) is 23.0 Å². The van der Waals surface area contributed by atoms with Crippen molar-refractivity contribution in [2.75, 3.05) is 18.5 Å². The van der Waals surface area contributed by atoms with E-state index in [0.717, 1.165) is 16.8 Å². The van der Waals surface area contributed by atoms with Crippen LogP contribution >= 0.6 is 11.3 Å². The largest absolute Gasteiger partial charge is 0.462 e. The van der Waals surface area contributed by atoms with Gasteiger partial charge in [-0.25, -0.2) is 19.6 Å². The van der Waals surface area contributed by atoms with Crippen LogP contribution < -0.4 is 10.6 Å². The molecule has 2 N–H and O–H groups in total. The number of pyridine rings is 2. The van der Waals surface area contributed by atoms with Gasteiger partial charge in [-0.05, 0) is 26.0 Å². The van der Waals surface area contributed by atoms with Gasteiger partial charge in [0.25, 0.3) is 0 Å². The number of aromatic nitrogens is 3. The van der Waals surface area contributed by atoms with Gasteiger partial charge in [-0.2, -0.15) is 0 Å². The Morgan fingerprint density at radius 2 is 2.11 bits per heavy atom. The van der Waals surface area contributed by atoms with E-state index in [1.165, 1.54) is 17.5 Å². The molecule has 0 aliphatic heterocycles. The summed E-state index contributed by atoms with van der Waals surface area (Å²) < 4.78 is 5.03. The van der Waals surface area contributed by atoms with Crippen molar-refractivity contribution in [2.24, 2.45) is 0 Å². The number of anilines is 1. The second-order valence-electron chi connectivity index (χ2n) is 5.77. The Balaban J connectivity index is 1.91. The van der Waals surface area contributed by atoms with Gasteiger partial charge >= 0.3 is 12.0 Å². The maximum atomic E-state index is 12.0. The summed E-state index contributed by atoms with van der Waals surface area (Å²) in [6.45, 7) is 7.83. The second kappa shape index (κ2) is 8.57. The molecule has 9 heteroatoms. The van der Waals surface area contributed by atoms with Crippen LogP contribution in [0.4, 0.5) is 9.93 Å². The SMILES string of the molecule is C=CCNC(=O)Nc1nc2cc(-c3cncc(C(=O)OCC)c3)c(C)nc2s1. The third-order valence-electron chi connectivity index (χ3n) is 3.76. The first-order valence-electron chi connectivity index (χ1n) is 8.58. The van der Waals surface area contributed by atoms with E-state index in [-0.39, 0.29) is 6.03 Å². The summed E-state index contributed by atoms with van der Waals surface area (Å²) in [7, 11) is 0. The predicted octanol–water partition coefficient (Wildman–Crippen LogP) is 3.55. The van der Waals surface area contributed by atoms with Crippen LogP contribution in [0.5, 0.6) is 0 Å². The number of hydrogen-bond donors (Lipinski definition) is 2. The van der Waals surface area contributed by atoms with E-state index >= 15 is 0 Å². The molecule has 0 aromatic carbocycles. The maximum Gasteiger partial charge on any atom is 0.339 e. The summed E-state index contributed by atoms with van der Waals surface area (Å²) in [4.78, 5) is 37.6. The minimum absolute atomic E-state index is 0.296. The van der Waals surface area contributed by atoms with Crippen molar-refractivity contribution < 1.29 is 14.3 Å². The third-order valence-corrected chi connectivity index (χ3v) is 4.64. The van der Waals surface area contributed by atoms with Crippen LogP contribution in [0.25, 0.3) is 21.5 Å². The van der Waals surface area contributed by atoms with Gasteiger partial charge in [0.2, 0.25) is 0 Å². The number of amides is 2. The smallest absolute Gasteiger partial charge is 0.339 e. The van der Waals surface area contributed by atoms with Crippen molar-refractivity contribution >= 4 is 38.8 Å². The fourth-order valence-electron chi connectivity index (χ4n) is 2.52. The zero-order chi connectivity index (χ0) is 20.1. The highest BCUT2D eigenvalue weighted by Gasteiger charge is 2.14. The average molecular weight is 397 g/mol. The van der Waals surface area contributed by atoms with E-state index in [0.29, 0.717) is 34.2 Å². The lowest BCUT2D eigenvalue weighted by atomic mass is 10.0. The highest BCUT2D eigenvalue weighted by Crippen LogP contribution is 2.30. The number of aryl methyl sites for hydroxylation is 1. The summed E-state index contributed by atoms with van der Waals surface area (Å²) in [5, 5.41) is 5.75. The lowest BCUT2D eigenvalue weighted by Gasteiger charge is -2.07. The second-order valence-corrected chi connectivity index (χ2v) is 6.75. The van der Waals surface area contributed by atoms with Gasteiger partial charge in [0.15, 0.2) is 5.13 Å². The van der Waals surface area contributed by atoms with E-state index in [2.05, 4.69) is 32.2 Å². The average Bonchev–Trinajstić information content (AvgIpc) is 3.06. The number of hydrogen-bond acceptors (Lipinski definition) is 7. The zero-order valence-corrected chi connectivity index (χ0v) is 16.3. The van der Waals surface area contributed by atoms with Gasteiger partial charge in [0, 0.05) is 35.8 Å². The Hall–Kier alpha value is -3.33. The lowest BCUT2D eigenvalue weighted by Crippen LogP contribution is -2.28. The summed E-state index contributed by atoms with van der Waals surface area (Å²) in [5.41, 5.74) is 3.33. The molecule has 3 aromatic rings. The Bertz CT molecular complexity index is 1050. The molecule has 0 fully saturated rings. The molecule has 28 heavy (non-hydrogen) atoms. The highest BCUT2D eigenvalue weighted by atomic mass is 32.1. The van der Waals surface area contributed by atoms with E-state index in [9.17, 15) is 9.59 Å². The number of thiazole rings is 1. The van der Waals surface area contributed by atoms with E-state index in [1.54, 1.807) is 25.3 Å². The first-order chi connectivity index (χ1) is 13.5. The quantitative estimate of drug-likeness (QED) is 0.487. The molecule has 0 aliphatic carbocycles. The molecule has 0 unspecified atom stereocenters. The minimum Gasteiger partial charge on any atom is -0.462 e. The molecular weight excluding hydrogens is 378 g/mol. The Morgan fingerprint density at radius 3 is 2.86 bits per heavy atom. The first kappa shape index (κ1) is 19.4. The minimum atomic E-state index is -0.422. The van der Waals surface area contributed by atoms with Crippen LogP contribution in [0, 0.1) is 6.92 Å². The monoisotopic (exact) mass is 397 g/mol. The number of carbonyl (C=O) groups excluding carboxylic acids is 2. The summed E-state index contributed by atoms with van der Waals surface area (Å²) >= 11 is 1.28. The molecule has 3 aromatic heterocycles. The van der Waals surface area contributed by atoms with Gasteiger partial charge < -0.3 is 10.1 Å². The van der Waals surface area contributed by atoms with Crippen LogP contribution in [-0.2, 0) is 4.74 Å². The molecule has 0 atom stereocenters. The van der Waals surface area contributed by atoms with Crippen molar-refractivity contribution in [3.8, 4) is 11.1 Å². The van der Waals surface area contributed by atoms with Gasteiger partial charge in [0.1, 0.15) is 10.3 Å². The zero-order valence-electron chi connectivity index (χ0n) is 15.5. The molecular formula is C19H19N5O3S. The molecule has 0 aliphatic rings. The first-order valence-corrected chi connectivity index (χ1v) is 9.40. The summed E-state index contributed by atoms with van der Waals surface area (Å²) in [6, 6.07) is 3.23. The number of nitrogens with zero attached hydrogens (tertiary/aromatic N) is 3. The molecule has 3 rings (SSSR count). The Kier molecular flexibility index (Phi) is 5.95. The van der Waals surface area contributed by atoms with E-state index < -0.39 is 5.97 Å². The van der Waals surface area contributed by atoms with Crippen molar-refractivity contribution in [3.63, 3.8) is 0 Å². The summed E-state index contributed by atoms with van der Waals surface area (Å²) in [5.74, 6) is -0.422. The fourth-order valence-corrected chi connectivity index (χ4v) is 3.38.